The van der Waals surface area contributed by atoms with Gasteiger partial charge in [-0.2, -0.15) is 0 Å². The van der Waals surface area contributed by atoms with E-state index in [1.54, 1.807) is 0 Å². The van der Waals surface area contributed by atoms with Crippen LogP contribution in [0.3, 0.4) is 0 Å². The predicted molar refractivity (Wildman–Crippen MR) is 40.8 cm³/mol. The molecular weight excluding hydrogens is 146 g/mol. The Morgan fingerprint density at radius 3 is 3.00 bits per heavy atom. The summed E-state index contributed by atoms with van der Waals surface area (Å²) in [6.45, 7) is 5.47. The van der Waals surface area contributed by atoms with Crippen LogP contribution >= 0.6 is 0 Å². The lowest BCUT2D eigenvalue weighted by atomic mass is 10.5. The number of nitrogens with one attached hydrogen (secondary N) is 1. The average Bonchev–Trinajstić information content (AvgIpc) is 1.97. The van der Waals surface area contributed by atoms with Gasteiger partial charge < -0.3 is 15.2 Å². The molecule has 2 N–H and O–H groups in total. The maximum atomic E-state index is 10.5. The van der Waals surface area contributed by atoms with Crippen molar-refractivity contribution < 1.29 is 14.6 Å². The summed E-state index contributed by atoms with van der Waals surface area (Å²) in [4.78, 5) is 10.5. The Hall–Kier alpha value is -0.870. The van der Waals surface area contributed by atoms with E-state index < -0.39 is 6.29 Å². The molecule has 0 aromatic rings. The fourth-order valence-corrected chi connectivity index (χ4v) is 0.476. The number of ether oxygens (including phenoxy) is 1. The zero-order valence-corrected chi connectivity index (χ0v) is 6.54. The molecule has 0 bridgehead atoms. The van der Waals surface area contributed by atoms with Gasteiger partial charge in [-0.1, -0.05) is 6.58 Å². The van der Waals surface area contributed by atoms with Crippen LogP contribution in [0.15, 0.2) is 12.7 Å². The number of hydrogen-bond donors (Lipinski definition) is 2. The minimum atomic E-state index is -0.782. The van der Waals surface area contributed by atoms with Gasteiger partial charge in [0.2, 0.25) is 5.91 Å². The Labute approximate surface area is 65.9 Å². The van der Waals surface area contributed by atoms with E-state index in [0.717, 1.165) is 0 Å². The van der Waals surface area contributed by atoms with Crippen LogP contribution in [0.25, 0.3) is 0 Å². The van der Waals surface area contributed by atoms with Crippen LogP contribution < -0.4 is 5.32 Å². The van der Waals surface area contributed by atoms with Gasteiger partial charge in [-0.15, -0.1) is 0 Å². The number of carbonyl (C=O) groups is 1. The van der Waals surface area contributed by atoms with Crippen molar-refractivity contribution in [1.29, 1.82) is 0 Å². The summed E-state index contributed by atoms with van der Waals surface area (Å²) in [6, 6.07) is 0. The van der Waals surface area contributed by atoms with Crippen LogP contribution in [0, 0.1) is 0 Å². The first-order valence-corrected chi connectivity index (χ1v) is 3.36. The monoisotopic (exact) mass is 159 g/mol. The molecule has 0 aromatic carbocycles. The first kappa shape index (κ1) is 10.1. The number of amides is 1. The van der Waals surface area contributed by atoms with E-state index in [9.17, 15) is 4.79 Å². The SMILES string of the molecule is C=CC(=O)NCCOC(C)O. The van der Waals surface area contributed by atoms with Crippen molar-refractivity contribution in [2.45, 2.75) is 13.2 Å². The van der Waals surface area contributed by atoms with Gasteiger partial charge in [0.15, 0.2) is 6.29 Å². The van der Waals surface area contributed by atoms with Crippen LogP contribution in [-0.2, 0) is 9.53 Å². The lowest BCUT2D eigenvalue weighted by molar-refractivity contribution is -0.118. The van der Waals surface area contributed by atoms with Crippen molar-refractivity contribution in [2.75, 3.05) is 13.2 Å². The van der Waals surface area contributed by atoms with E-state index in [1.807, 2.05) is 0 Å². The standard InChI is InChI=1S/C7H13NO3/c1-3-7(10)8-4-5-11-6(2)9/h3,6,9H,1,4-5H2,2H3,(H,8,10). The molecule has 0 spiro atoms. The van der Waals surface area contributed by atoms with E-state index in [2.05, 4.69) is 11.9 Å². The van der Waals surface area contributed by atoms with Gasteiger partial charge in [-0.25, -0.2) is 0 Å². The average molecular weight is 159 g/mol. The van der Waals surface area contributed by atoms with E-state index in [4.69, 9.17) is 9.84 Å². The topological polar surface area (TPSA) is 58.6 Å². The molecule has 1 unspecified atom stereocenters. The van der Waals surface area contributed by atoms with Crippen molar-refractivity contribution in [3.05, 3.63) is 12.7 Å². The molecule has 0 radical (unpaired) electrons. The maximum Gasteiger partial charge on any atom is 0.243 e. The van der Waals surface area contributed by atoms with Gasteiger partial charge in [0, 0.05) is 6.54 Å². The lowest BCUT2D eigenvalue weighted by Crippen LogP contribution is -2.26. The Bertz CT molecular complexity index is 134. The molecule has 0 heterocycles. The van der Waals surface area contributed by atoms with Crippen LogP contribution in [0.2, 0.25) is 0 Å². The largest absolute Gasteiger partial charge is 0.368 e. The van der Waals surface area contributed by atoms with E-state index in [-0.39, 0.29) is 5.91 Å². The third-order valence-corrected chi connectivity index (χ3v) is 0.946. The summed E-state index contributed by atoms with van der Waals surface area (Å²) in [5, 5.41) is 11.1. The predicted octanol–water partition coefficient (Wildman–Crippen LogP) is -0.357. The minimum Gasteiger partial charge on any atom is -0.368 e. The molecule has 1 amide bonds. The third kappa shape index (κ3) is 7.02. The number of rotatable bonds is 5. The molecule has 0 saturated carbocycles. The Morgan fingerprint density at radius 1 is 1.91 bits per heavy atom. The minimum absolute atomic E-state index is 0.237. The van der Waals surface area contributed by atoms with Crippen molar-refractivity contribution in [1.82, 2.24) is 5.32 Å². The molecule has 0 rings (SSSR count). The summed E-state index contributed by atoms with van der Waals surface area (Å²) in [6.07, 6.45) is 0.401. The molecule has 64 valence electrons. The van der Waals surface area contributed by atoms with E-state index in [1.165, 1.54) is 13.0 Å². The lowest BCUT2D eigenvalue weighted by Gasteiger charge is -2.05. The highest BCUT2D eigenvalue weighted by Crippen LogP contribution is 1.81. The third-order valence-electron chi connectivity index (χ3n) is 0.946. The first-order chi connectivity index (χ1) is 5.16. The molecule has 0 aliphatic heterocycles. The van der Waals surface area contributed by atoms with Crippen molar-refractivity contribution in [2.24, 2.45) is 0 Å². The van der Waals surface area contributed by atoms with Crippen LogP contribution in [-0.4, -0.2) is 30.5 Å². The molecule has 0 aliphatic rings. The summed E-state index contributed by atoms with van der Waals surface area (Å²) in [5.41, 5.74) is 0. The second-order valence-electron chi connectivity index (χ2n) is 1.97. The quantitative estimate of drug-likeness (QED) is 0.327. The molecule has 0 fully saturated rings. The van der Waals surface area contributed by atoms with Gasteiger partial charge in [-0.05, 0) is 13.0 Å². The number of aliphatic hydroxyl groups excluding tert-OH is 1. The number of hydrogen-bond acceptors (Lipinski definition) is 3. The molecule has 4 nitrogen and oxygen atoms in total. The van der Waals surface area contributed by atoms with Crippen LogP contribution in [0.4, 0.5) is 0 Å². The fourth-order valence-electron chi connectivity index (χ4n) is 0.476. The highest BCUT2D eigenvalue weighted by Gasteiger charge is 1.95. The molecular formula is C7H13NO3. The molecule has 0 aromatic heterocycles. The zero-order chi connectivity index (χ0) is 8.69. The van der Waals surface area contributed by atoms with Crippen LogP contribution in [0.5, 0.6) is 0 Å². The first-order valence-electron chi connectivity index (χ1n) is 3.36. The van der Waals surface area contributed by atoms with Crippen LogP contribution in [0.1, 0.15) is 6.92 Å². The highest BCUT2D eigenvalue weighted by atomic mass is 16.6. The van der Waals surface area contributed by atoms with Gasteiger partial charge in [0.25, 0.3) is 0 Å². The number of aliphatic hydroxyl groups is 1. The summed E-state index contributed by atoms with van der Waals surface area (Å²) in [7, 11) is 0. The second kappa shape index (κ2) is 5.88. The Kier molecular flexibility index (Phi) is 5.42. The number of carbonyl (C=O) groups excluding carboxylic acids is 1. The Morgan fingerprint density at radius 2 is 2.55 bits per heavy atom. The zero-order valence-electron chi connectivity index (χ0n) is 6.54. The van der Waals surface area contributed by atoms with E-state index in [0.29, 0.717) is 13.2 Å². The molecule has 0 saturated heterocycles. The smallest absolute Gasteiger partial charge is 0.243 e. The summed E-state index contributed by atoms with van der Waals surface area (Å²) in [5.74, 6) is -0.237. The van der Waals surface area contributed by atoms with Gasteiger partial charge in [0.05, 0.1) is 6.61 Å². The molecule has 4 heteroatoms. The molecule has 11 heavy (non-hydrogen) atoms. The van der Waals surface area contributed by atoms with Crippen molar-refractivity contribution in [3.63, 3.8) is 0 Å². The van der Waals surface area contributed by atoms with Gasteiger partial charge >= 0.3 is 0 Å². The van der Waals surface area contributed by atoms with Crippen molar-refractivity contribution in [3.8, 4) is 0 Å². The van der Waals surface area contributed by atoms with E-state index >= 15 is 0 Å². The van der Waals surface area contributed by atoms with Crippen molar-refractivity contribution >= 4 is 5.91 Å². The second-order valence-corrected chi connectivity index (χ2v) is 1.97. The molecule has 0 aliphatic carbocycles. The van der Waals surface area contributed by atoms with Gasteiger partial charge in [-0.3, -0.25) is 4.79 Å². The fraction of sp³-hybridized carbons (Fsp3) is 0.571. The summed E-state index contributed by atoms with van der Waals surface area (Å²) >= 11 is 0. The maximum absolute atomic E-state index is 10.5. The highest BCUT2D eigenvalue weighted by molar-refractivity contribution is 5.86. The van der Waals surface area contributed by atoms with Gasteiger partial charge in [0.1, 0.15) is 0 Å². The Balaban J connectivity index is 3.14. The normalized spacial score (nSPS) is 12.2. The molecule has 1 atom stereocenters. The summed E-state index contributed by atoms with van der Waals surface area (Å²) < 4.78 is 4.74.